The Bertz CT molecular complexity index is 1120. The molecule has 1 unspecified atom stereocenters. The molecule has 0 aliphatic carbocycles. The number of halogens is 1. The summed E-state index contributed by atoms with van der Waals surface area (Å²) in [6.45, 7) is 0. The standard InChI is InChI=1S/C23H19FN2O2/c1-28-17-10-5-9-16(13-17)26-22(15-7-3-2-4-8-15)23(27)18-14-25-20-12-6-11-19(24)21(18)20/h2-14,22,25-26H,1H3. The van der Waals surface area contributed by atoms with E-state index in [9.17, 15) is 9.18 Å². The van der Waals surface area contributed by atoms with E-state index in [4.69, 9.17) is 4.74 Å². The van der Waals surface area contributed by atoms with Crippen LogP contribution in [-0.2, 0) is 0 Å². The van der Waals surface area contributed by atoms with E-state index in [0.29, 0.717) is 22.2 Å². The van der Waals surface area contributed by atoms with Crippen molar-refractivity contribution in [1.82, 2.24) is 4.98 Å². The fourth-order valence-electron chi connectivity index (χ4n) is 3.32. The van der Waals surface area contributed by atoms with Crippen LogP contribution in [0.15, 0.2) is 79.0 Å². The van der Waals surface area contributed by atoms with Crippen molar-refractivity contribution in [3.8, 4) is 5.75 Å². The van der Waals surface area contributed by atoms with Crippen molar-refractivity contribution >= 4 is 22.4 Å². The van der Waals surface area contributed by atoms with Gasteiger partial charge in [-0.25, -0.2) is 4.39 Å². The number of Topliss-reactive ketones (excluding diaryl/α,β-unsaturated/α-hetero) is 1. The van der Waals surface area contributed by atoms with Gasteiger partial charge in [0, 0.05) is 34.4 Å². The largest absolute Gasteiger partial charge is 0.497 e. The Morgan fingerprint density at radius 2 is 1.82 bits per heavy atom. The first-order valence-electron chi connectivity index (χ1n) is 8.92. The summed E-state index contributed by atoms with van der Waals surface area (Å²) < 4.78 is 19.7. The number of hydrogen-bond acceptors (Lipinski definition) is 3. The molecule has 4 aromatic rings. The number of aromatic amines is 1. The van der Waals surface area contributed by atoms with E-state index in [1.54, 1.807) is 25.4 Å². The average Bonchev–Trinajstić information content (AvgIpc) is 3.18. The number of ether oxygens (including phenoxy) is 1. The number of carbonyl (C=O) groups excluding carboxylic acids is 1. The van der Waals surface area contributed by atoms with Crippen LogP contribution in [0.3, 0.4) is 0 Å². The van der Waals surface area contributed by atoms with E-state index in [1.165, 1.54) is 6.07 Å². The number of anilines is 1. The summed E-state index contributed by atoms with van der Waals surface area (Å²) in [4.78, 5) is 16.4. The Morgan fingerprint density at radius 1 is 1.04 bits per heavy atom. The van der Waals surface area contributed by atoms with Crippen molar-refractivity contribution in [2.24, 2.45) is 0 Å². The lowest BCUT2D eigenvalue weighted by molar-refractivity contribution is 0.0971. The van der Waals surface area contributed by atoms with Gasteiger partial charge in [-0.2, -0.15) is 0 Å². The monoisotopic (exact) mass is 374 g/mol. The van der Waals surface area contributed by atoms with Crippen LogP contribution in [0.25, 0.3) is 10.9 Å². The summed E-state index contributed by atoms with van der Waals surface area (Å²) in [5, 5.41) is 3.58. The van der Waals surface area contributed by atoms with E-state index in [0.717, 1.165) is 11.3 Å². The molecule has 1 heterocycles. The molecule has 1 atom stereocenters. The predicted molar refractivity (Wildman–Crippen MR) is 108 cm³/mol. The molecule has 0 fully saturated rings. The lowest BCUT2D eigenvalue weighted by atomic mass is 9.96. The molecule has 0 aliphatic heterocycles. The molecule has 0 saturated carbocycles. The van der Waals surface area contributed by atoms with E-state index in [-0.39, 0.29) is 5.78 Å². The van der Waals surface area contributed by atoms with Gasteiger partial charge in [-0.15, -0.1) is 0 Å². The number of H-pyrrole nitrogens is 1. The van der Waals surface area contributed by atoms with Crippen molar-refractivity contribution in [2.75, 3.05) is 12.4 Å². The zero-order valence-corrected chi connectivity index (χ0v) is 15.3. The second kappa shape index (κ2) is 7.56. The van der Waals surface area contributed by atoms with Gasteiger partial charge >= 0.3 is 0 Å². The highest BCUT2D eigenvalue weighted by Gasteiger charge is 2.25. The second-order valence-corrected chi connectivity index (χ2v) is 6.45. The molecular weight excluding hydrogens is 355 g/mol. The topological polar surface area (TPSA) is 54.1 Å². The molecule has 28 heavy (non-hydrogen) atoms. The molecule has 1 aromatic heterocycles. The number of fused-ring (bicyclic) bond motifs is 1. The molecule has 140 valence electrons. The van der Waals surface area contributed by atoms with Crippen LogP contribution in [0.2, 0.25) is 0 Å². The van der Waals surface area contributed by atoms with Crippen molar-refractivity contribution in [3.05, 3.63) is 95.9 Å². The number of hydrogen-bond donors (Lipinski definition) is 2. The molecule has 0 bridgehead atoms. The first-order valence-corrected chi connectivity index (χ1v) is 8.92. The number of methoxy groups -OCH3 is 1. The number of carbonyl (C=O) groups is 1. The van der Waals surface area contributed by atoms with Crippen molar-refractivity contribution in [2.45, 2.75) is 6.04 Å². The molecule has 4 rings (SSSR count). The van der Waals surface area contributed by atoms with Crippen LogP contribution in [0, 0.1) is 5.82 Å². The second-order valence-electron chi connectivity index (χ2n) is 6.45. The van der Waals surface area contributed by atoms with Gasteiger partial charge in [-0.1, -0.05) is 42.5 Å². The van der Waals surface area contributed by atoms with Crippen LogP contribution >= 0.6 is 0 Å². The van der Waals surface area contributed by atoms with Gasteiger partial charge in [0.25, 0.3) is 0 Å². The Labute approximate surface area is 162 Å². The minimum Gasteiger partial charge on any atom is -0.497 e. The molecule has 2 N–H and O–H groups in total. The maximum Gasteiger partial charge on any atom is 0.191 e. The molecule has 0 amide bonds. The highest BCUT2D eigenvalue weighted by molar-refractivity contribution is 6.11. The van der Waals surface area contributed by atoms with E-state index < -0.39 is 11.9 Å². The Kier molecular flexibility index (Phi) is 4.81. The number of rotatable bonds is 6. The Morgan fingerprint density at radius 3 is 2.61 bits per heavy atom. The lowest BCUT2D eigenvalue weighted by Gasteiger charge is -2.19. The summed E-state index contributed by atoms with van der Waals surface area (Å²) in [6, 6.07) is 20.8. The third-order valence-corrected chi connectivity index (χ3v) is 4.70. The van der Waals surface area contributed by atoms with Gasteiger partial charge in [0.15, 0.2) is 5.78 Å². The van der Waals surface area contributed by atoms with E-state index >= 15 is 0 Å². The number of ketones is 1. The van der Waals surface area contributed by atoms with Crippen LogP contribution in [0.4, 0.5) is 10.1 Å². The number of benzene rings is 3. The highest BCUT2D eigenvalue weighted by Crippen LogP contribution is 2.30. The van der Waals surface area contributed by atoms with Crippen LogP contribution in [0.5, 0.6) is 5.75 Å². The Balaban J connectivity index is 1.77. The summed E-state index contributed by atoms with van der Waals surface area (Å²) in [7, 11) is 1.59. The van der Waals surface area contributed by atoms with Crippen molar-refractivity contribution in [1.29, 1.82) is 0 Å². The zero-order chi connectivity index (χ0) is 19.5. The zero-order valence-electron chi connectivity index (χ0n) is 15.3. The predicted octanol–water partition coefficient (Wildman–Crippen LogP) is 5.35. The summed E-state index contributed by atoms with van der Waals surface area (Å²) in [5.41, 5.74) is 2.44. The fourth-order valence-corrected chi connectivity index (χ4v) is 3.32. The van der Waals surface area contributed by atoms with Gasteiger partial charge in [0.2, 0.25) is 0 Å². The first kappa shape index (κ1) is 17.8. The average molecular weight is 374 g/mol. The van der Waals surface area contributed by atoms with Gasteiger partial charge in [0.05, 0.1) is 7.11 Å². The molecule has 0 aliphatic rings. The number of nitrogens with one attached hydrogen (secondary N) is 2. The summed E-state index contributed by atoms with van der Waals surface area (Å²) in [5.74, 6) is 0.0445. The SMILES string of the molecule is COc1cccc(NC(C(=O)c2c[nH]c3cccc(F)c23)c2ccccc2)c1. The molecule has 0 radical (unpaired) electrons. The highest BCUT2D eigenvalue weighted by atomic mass is 19.1. The maximum absolute atomic E-state index is 14.4. The van der Waals surface area contributed by atoms with Gasteiger partial charge in [0.1, 0.15) is 17.6 Å². The first-order chi connectivity index (χ1) is 13.7. The quantitative estimate of drug-likeness (QED) is 0.447. The van der Waals surface area contributed by atoms with Gasteiger partial charge in [-0.05, 0) is 29.8 Å². The third kappa shape index (κ3) is 3.34. The minimum atomic E-state index is -0.674. The molecule has 5 heteroatoms. The number of aromatic nitrogens is 1. The normalized spacial score (nSPS) is 11.9. The smallest absolute Gasteiger partial charge is 0.191 e. The Hall–Kier alpha value is -3.60. The van der Waals surface area contributed by atoms with Crippen LogP contribution in [0.1, 0.15) is 22.0 Å². The summed E-state index contributed by atoms with van der Waals surface area (Å²) in [6.07, 6.45) is 1.57. The maximum atomic E-state index is 14.4. The molecule has 0 spiro atoms. The van der Waals surface area contributed by atoms with Gasteiger partial charge in [-0.3, -0.25) is 4.79 Å². The van der Waals surface area contributed by atoms with Crippen molar-refractivity contribution < 1.29 is 13.9 Å². The van der Waals surface area contributed by atoms with E-state index in [2.05, 4.69) is 10.3 Å². The van der Waals surface area contributed by atoms with Crippen LogP contribution in [-0.4, -0.2) is 17.9 Å². The third-order valence-electron chi connectivity index (χ3n) is 4.70. The van der Waals surface area contributed by atoms with E-state index in [1.807, 2.05) is 54.6 Å². The molecule has 4 nitrogen and oxygen atoms in total. The van der Waals surface area contributed by atoms with Crippen molar-refractivity contribution in [3.63, 3.8) is 0 Å². The lowest BCUT2D eigenvalue weighted by Crippen LogP contribution is -2.21. The summed E-state index contributed by atoms with van der Waals surface area (Å²) >= 11 is 0. The minimum absolute atomic E-state index is 0.217. The fraction of sp³-hybridized carbons (Fsp3) is 0.0870. The van der Waals surface area contributed by atoms with Crippen LogP contribution < -0.4 is 10.1 Å². The molecular formula is C23H19FN2O2. The van der Waals surface area contributed by atoms with Gasteiger partial charge < -0.3 is 15.0 Å². The molecule has 3 aromatic carbocycles. The molecule has 0 saturated heterocycles.